The molecule has 2 N–H and O–H groups in total. The number of nitrogens with one attached hydrogen (secondary N) is 2. The quantitative estimate of drug-likeness (QED) is 0.652. The summed E-state index contributed by atoms with van der Waals surface area (Å²) in [5.41, 5.74) is 2.46. The molecule has 2 aromatic carbocycles. The maximum absolute atomic E-state index is 13.1. The molecule has 30 heavy (non-hydrogen) atoms. The van der Waals surface area contributed by atoms with Crippen LogP contribution in [-0.2, 0) is 17.9 Å². The van der Waals surface area contributed by atoms with Crippen molar-refractivity contribution in [1.82, 2.24) is 4.90 Å². The average Bonchev–Trinajstić information content (AvgIpc) is 3.59. The monoisotopic (exact) mass is 429 g/mol. The number of carbonyl (C=O) groups excluding carboxylic acids is 1. The lowest BCUT2D eigenvalue weighted by Gasteiger charge is -2.31. The van der Waals surface area contributed by atoms with Gasteiger partial charge in [0.1, 0.15) is 38.5 Å². The molecule has 2 aromatic rings. The summed E-state index contributed by atoms with van der Waals surface area (Å²) in [6, 6.07) is 16.6. The number of hydrogen-bond donors (Lipinski definition) is 2. The Kier molecular flexibility index (Phi) is 6.93. The maximum atomic E-state index is 13.1. The molecule has 160 valence electrons. The zero-order valence-corrected chi connectivity index (χ0v) is 18.5. The predicted octanol–water partition coefficient (Wildman–Crippen LogP) is 0.823. The van der Waals surface area contributed by atoms with Crippen LogP contribution < -0.4 is 14.5 Å². The van der Waals surface area contributed by atoms with E-state index >= 15 is 0 Å². The fraction of sp³-hybridized carbons (Fsp3) is 0.458. The first-order valence-corrected chi connectivity index (χ1v) is 11.3. The molecule has 0 radical (unpaired) electrons. The molecule has 1 saturated heterocycles. The highest BCUT2D eigenvalue weighted by atomic mass is 35.5. The Labute approximate surface area is 184 Å². The lowest BCUT2D eigenvalue weighted by atomic mass is 10.2. The van der Waals surface area contributed by atoms with E-state index in [4.69, 9.17) is 16.3 Å². The zero-order chi connectivity index (χ0) is 20.9. The number of rotatable bonds is 8. The van der Waals surface area contributed by atoms with Gasteiger partial charge in [0.15, 0.2) is 6.54 Å². The third-order valence-electron chi connectivity index (χ3n) is 6.23. The molecule has 5 nitrogen and oxygen atoms in total. The summed E-state index contributed by atoms with van der Waals surface area (Å²) in [6.07, 6.45) is 2.27. The topological polar surface area (TPSA) is 38.4 Å². The second kappa shape index (κ2) is 9.82. The number of carbonyl (C=O) groups is 1. The largest absolute Gasteiger partial charge is 0.497 e. The van der Waals surface area contributed by atoms with Crippen LogP contribution in [0.15, 0.2) is 48.5 Å². The van der Waals surface area contributed by atoms with Gasteiger partial charge < -0.3 is 19.4 Å². The lowest BCUT2D eigenvalue weighted by Crippen LogP contribution is -3.28. The van der Waals surface area contributed by atoms with Gasteiger partial charge in [0.25, 0.3) is 5.91 Å². The Balaban J connectivity index is 1.27. The van der Waals surface area contributed by atoms with E-state index in [1.54, 1.807) is 12.0 Å². The van der Waals surface area contributed by atoms with E-state index in [1.807, 2.05) is 24.3 Å². The molecule has 1 saturated carbocycles. The van der Waals surface area contributed by atoms with E-state index in [0.717, 1.165) is 56.3 Å². The van der Waals surface area contributed by atoms with Crippen LogP contribution >= 0.6 is 11.6 Å². The number of amides is 1. The van der Waals surface area contributed by atoms with Gasteiger partial charge in [-0.25, -0.2) is 0 Å². The van der Waals surface area contributed by atoms with Crippen molar-refractivity contribution in [3.05, 3.63) is 64.7 Å². The molecule has 4 rings (SSSR count). The van der Waals surface area contributed by atoms with Crippen LogP contribution in [0.5, 0.6) is 5.75 Å². The van der Waals surface area contributed by atoms with Crippen LogP contribution in [0.4, 0.5) is 0 Å². The lowest BCUT2D eigenvalue weighted by molar-refractivity contribution is -1.02. The van der Waals surface area contributed by atoms with E-state index in [1.165, 1.54) is 16.0 Å². The van der Waals surface area contributed by atoms with E-state index in [9.17, 15) is 4.79 Å². The second-order valence-corrected chi connectivity index (χ2v) is 9.02. The highest BCUT2D eigenvalue weighted by Crippen LogP contribution is 2.28. The van der Waals surface area contributed by atoms with Crippen molar-refractivity contribution in [1.29, 1.82) is 0 Å². The standard InChI is InChI=1S/C24H30ClN3O2/c1-30-23-9-5-19(6-10-23)17-28(22-7-8-22)24(29)18-27-13-11-26(12-14-27)16-20-3-2-4-21(25)15-20/h2-6,9-10,15,22H,7-8,11-14,16-18H2,1H3/p+2. The third-order valence-corrected chi connectivity index (χ3v) is 6.46. The molecule has 1 aliphatic carbocycles. The van der Waals surface area contributed by atoms with Crippen LogP contribution in [0.25, 0.3) is 0 Å². The Morgan fingerprint density at radius 3 is 2.37 bits per heavy atom. The number of ether oxygens (including phenoxy) is 1. The first kappa shape index (κ1) is 21.2. The molecule has 6 heteroatoms. The van der Waals surface area contributed by atoms with Crippen LogP contribution in [0.2, 0.25) is 5.02 Å². The number of quaternary nitrogens is 2. The van der Waals surface area contributed by atoms with Crippen molar-refractivity contribution in [2.75, 3.05) is 39.8 Å². The van der Waals surface area contributed by atoms with Crippen molar-refractivity contribution < 1.29 is 19.3 Å². The van der Waals surface area contributed by atoms with Gasteiger partial charge >= 0.3 is 0 Å². The highest BCUT2D eigenvalue weighted by Gasteiger charge is 2.35. The van der Waals surface area contributed by atoms with Gasteiger partial charge in [0.2, 0.25) is 0 Å². The minimum atomic E-state index is 0.293. The summed E-state index contributed by atoms with van der Waals surface area (Å²) >= 11 is 6.11. The van der Waals surface area contributed by atoms with Gasteiger partial charge in [0.05, 0.1) is 7.11 Å². The molecule has 2 fully saturated rings. The van der Waals surface area contributed by atoms with Crippen molar-refractivity contribution in [2.45, 2.75) is 32.0 Å². The number of hydrogen-bond acceptors (Lipinski definition) is 2. The number of benzene rings is 2. The van der Waals surface area contributed by atoms with Gasteiger partial charge in [-0.3, -0.25) is 4.79 Å². The van der Waals surface area contributed by atoms with Gasteiger partial charge in [-0.05, 0) is 42.7 Å². The van der Waals surface area contributed by atoms with Crippen LogP contribution in [0, 0.1) is 0 Å². The molecule has 0 spiro atoms. The van der Waals surface area contributed by atoms with Crippen molar-refractivity contribution in [2.24, 2.45) is 0 Å². The molecule has 1 aliphatic heterocycles. The number of halogens is 1. The number of methoxy groups -OCH3 is 1. The van der Waals surface area contributed by atoms with E-state index in [-0.39, 0.29) is 0 Å². The first-order chi connectivity index (χ1) is 14.6. The Bertz CT molecular complexity index is 846. The molecule has 1 heterocycles. The van der Waals surface area contributed by atoms with Crippen LogP contribution in [-0.4, -0.2) is 56.7 Å². The zero-order valence-electron chi connectivity index (χ0n) is 17.7. The third kappa shape index (κ3) is 5.75. The summed E-state index contributed by atoms with van der Waals surface area (Å²) in [5.74, 6) is 1.15. The summed E-state index contributed by atoms with van der Waals surface area (Å²) in [6.45, 7) is 6.59. The van der Waals surface area contributed by atoms with Gasteiger partial charge in [-0.1, -0.05) is 35.9 Å². The molecule has 0 bridgehead atoms. The Morgan fingerprint density at radius 2 is 1.73 bits per heavy atom. The molecular weight excluding hydrogens is 398 g/mol. The van der Waals surface area contributed by atoms with Crippen molar-refractivity contribution in [3.8, 4) is 5.75 Å². The fourth-order valence-electron chi connectivity index (χ4n) is 4.30. The highest BCUT2D eigenvalue weighted by molar-refractivity contribution is 6.30. The number of nitrogens with zero attached hydrogens (tertiary/aromatic N) is 1. The molecule has 0 aromatic heterocycles. The second-order valence-electron chi connectivity index (χ2n) is 8.58. The van der Waals surface area contributed by atoms with Crippen molar-refractivity contribution >= 4 is 17.5 Å². The fourth-order valence-corrected chi connectivity index (χ4v) is 4.51. The maximum Gasteiger partial charge on any atom is 0.278 e. The van der Waals surface area contributed by atoms with E-state index in [2.05, 4.69) is 29.2 Å². The normalized spacial score (nSPS) is 21.3. The summed E-state index contributed by atoms with van der Waals surface area (Å²) in [7, 11) is 1.67. The minimum Gasteiger partial charge on any atom is -0.497 e. The molecule has 0 atom stereocenters. The van der Waals surface area contributed by atoms with Crippen LogP contribution in [0.1, 0.15) is 24.0 Å². The van der Waals surface area contributed by atoms with Gasteiger partial charge in [-0.2, -0.15) is 0 Å². The van der Waals surface area contributed by atoms with Gasteiger partial charge in [0, 0.05) is 23.2 Å². The minimum absolute atomic E-state index is 0.293. The van der Waals surface area contributed by atoms with E-state index < -0.39 is 0 Å². The number of piperazine rings is 1. The SMILES string of the molecule is COc1ccc(CN(C(=O)C[NH+]2CC[NH+](Cc3cccc(Cl)c3)CC2)C2CC2)cc1. The Hall–Kier alpha value is -2.08. The molecule has 0 unspecified atom stereocenters. The smallest absolute Gasteiger partial charge is 0.278 e. The summed E-state index contributed by atoms with van der Waals surface area (Å²) < 4.78 is 5.24. The Morgan fingerprint density at radius 1 is 1.03 bits per heavy atom. The molecule has 1 amide bonds. The van der Waals surface area contributed by atoms with Crippen LogP contribution in [0.3, 0.4) is 0 Å². The van der Waals surface area contributed by atoms with Gasteiger partial charge in [-0.15, -0.1) is 0 Å². The summed E-state index contributed by atoms with van der Waals surface area (Å²) in [5, 5.41) is 0.804. The predicted molar refractivity (Wildman–Crippen MR) is 118 cm³/mol. The summed E-state index contributed by atoms with van der Waals surface area (Å²) in [4.78, 5) is 18.2. The first-order valence-electron chi connectivity index (χ1n) is 10.9. The average molecular weight is 430 g/mol. The molecule has 2 aliphatic rings. The molecular formula is C24H32ClN3O2+2. The van der Waals surface area contributed by atoms with Crippen molar-refractivity contribution in [3.63, 3.8) is 0 Å². The van der Waals surface area contributed by atoms with E-state index in [0.29, 0.717) is 25.0 Å².